The van der Waals surface area contributed by atoms with Crippen molar-refractivity contribution in [3.8, 4) is 5.75 Å². The summed E-state index contributed by atoms with van der Waals surface area (Å²) in [6.07, 6.45) is 2.94. The molecule has 152 valence electrons. The van der Waals surface area contributed by atoms with E-state index in [1.165, 1.54) is 11.3 Å². The number of ether oxygens (including phenoxy) is 1. The zero-order valence-corrected chi connectivity index (χ0v) is 17.1. The number of rotatable bonds is 5. The largest absolute Gasteiger partial charge is 0.497 e. The molecule has 5 heteroatoms. The highest BCUT2D eigenvalue weighted by Crippen LogP contribution is 2.20. The number of carbonyl (C=O) groups excluding carboxylic acids is 1. The van der Waals surface area contributed by atoms with Crippen molar-refractivity contribution in [3.63, 3.8) is 0 Å². The van der Waals surface area contributed by atoms with Crippen LogP contribution in [-0.2, 0) is 11.3 Å². The normalized spacial score (nSPS) is 17.8. The molecule has 1 amide bonds. The molecule has 1 fully saturated rings. The third kappa shape index (κ3) is 4.80. The van der Waals surface area contributed by atoms with Crippen LogP contribution in [0.25, 0.3) is 0 Å². The van der Waals surface area contributed by atoms with E-state index < -0.39 is 0 Å². The highest BCUT2D eigenvalue weighted by molar-refractivity contribution is 5.93. The Hall–Kier alpha value is -2.79. The fraction of sp³-hybridized carbons (Fsp3) is 0.375. The van der Waals surface area contributed by atoms with Crippen LogP contribution in [0.5, 0.6) is 5.75 Å². The molecule has 2 aromatic carbocycles. The van der Waals surface area contributed by atoms with Gasteiger partial charge in [0.2, 0.25) is 5.91 Å². The SMILES string of the molecule is COc1cccc(CN2CC=C(C(=O)N3CCN(c4ccccc4)CC3)CC2)c1. The Morgan fingerprint density at radius 2 is 1.76 bits per heavy atom. The van der Waals surface area contributed by atoms with Gasteiger partial charge < -0.3 is 14.5 Å². The molecular weight excluding hydrogens is 362 g/mol. The lowest BCUT2D eigenvalue weighted by Crippen LogP contribution is -2.49. The number of anilines is 1. The second kappa shape index (κ2) is 9.14. The summed E-state index contributed by atoms with van der Waals surface area (Å²) < 4.78 is 5.31. The molecule has 0 saturated carbocycles. The van der Waals surface area contributed by atoms with Crippen LogP contribution >= 0.6 is 0 Å². The quantitative estimate of drug-likeness (QED) is 0.784. The molecule has 2 aliphatic heterocycles. The maximum atomic E-state index is 12.9. The van der Waals surface area contributed by atoms with Crippen LogP contribution in [0.3, 0.4) is 0 Å². The Balaban J connectivity index is 1.29. The number of amides is 1. The molecule has 2 aliphatic rings. The van der Waals surface area contributed by atoms with Crippen molar-refractivity contribution in [2.45, 2.75) is 13.0 Å². The van der Waals surface area contributed by atoms with Crippen LogP contribution in [-0.4, -0.2) is 62.1 Å². The van der Waals surface area contributed by atoms with E-state index in [0.717, 1.165) is 63.6 Å². The Morgan fingerprint density at radius 1 is 0.966 bits per heavy atom. The van der Waals surface area contributed by atoms with E-state index in [1.54, 1.807) is 7.11 Å². The Kier molecular flexibility index (Phi) is 6.15. The van der Waals surface area contributed by atoms with Gasteiger partial charge in [0.05, 0.1) is 7.11 Å². The Morgan fingerprint density at radius 3 is 2.45 bits per heavy atom. The van der Waals surface area contributed by atoms with E-state index in [2.05, 4.69) is 52.3 Å². The number of carbonyl (C=O) groups is 1. The van der Waals surface area contributed by atoms with Crippen LogP contribution in [0, 0.1) is 0 Å². The smallest absolute Gasteiger partial charge is 0.249 e. The molecule has 0 unspecified atom stereocenters. The Labute approximate surface area is 173 Å². The summed E-state index contributed by atoms with van der Waals surface area (Å²) in [7, 11) is 1.69. The predicted molar refractivity (Wildman–Crippen MR) is 116 cm³/mol. The highest BCUT2D eigenvalue weighted by atomic mass is 16.5. The summed E-state index contributed by atoms with van der Waals surface area (Å²) in [5.74, 6) is 1.11. The van der Waals surface area contributed by atoms with Gasteiger partial charge in [-0.15, -0.1) is 0 Å². The Bertz CT molecular complexity index is 857. The fourth-order valence-corrected chi connectivity index (χ4v) is 4.09. The van der Waals surface area contributed by atoms with Crippen molar-refractivity contribution in [2.24, 2.45) is 0 Å². The minimum Gasteiger partial charge on any atom is -0.497 e. The number of para-hydroxylation sites is 1. The van der Waals surface area contributed by atoms with Gasteiger partial charge in [0.25, 0.3) is 0 Å². The van der Waals surface area contributed by atoms with Gasteiger partial charge in [0, 0.05) is 57.1 Å². The molecule has 1 saturated heterocycles. The van der Waals surface area contributed by atoms with Gasteiger partial charge in [-0.25, -0.2) is 0 Å². The maximum Gasteiger partial charge on any atom is 0.249 e. The van der Waals surface area contributed by atoms with Crippen molar-refractivity contribution < 1.29 is 9.53 Å². The van der Waals surface area contributed by atoms with Crippen molar-refractivity contribution in [2.75, 3.05) is 51.3 Å². The van der Waals surface area contributed by atoms with Gasteiger partial charge in [0.15, 0.2) is 0 Å². The summed E-state index contributed by atoms with van der Waals surface area (Å²) in [6.45, 7) is 5.99. The van der Waals surface area contributed by atoms with Crippen molar-refractivity contribution >= 4 is 11.6 Å². The summed E-state index contributed by atoms with van der Waals surface area (Å²) in [6, 6.07) is 18.6. The third-order valence-electron chi connectivity index (χ3n) is 5.80. The van der Waals surface area contributed by atoms with Gasteiger partial charge in [-0.3, -0.25) is 9.69 Å². The van der Waals surface area contributed by atoms with Gasteiger partial charge in [0.1, 0.15) is 5.75 Å². The number of nitrogens with zero attached hydrogens (tertiary/aromatic N) is 3. The lowest BCUT2D eigenvalue weighted by molar-refractivity contribution is -0.127. The molecule has 0 aliphatic carbocycles. The first-order valence-electron chi connectivity index (χ1n) is 10.4. The number of hydrogen-bond acceptors (Lipinski definition) is 4. The zero-order valence-electron chi connectivity index (χ0n) is 17.1. The summed E-state index contributed by atoms with van der Waals surface area (Å²) >= 11 is 0. The molecule has 0 atom stereocenters. The van der Waals surface area contributed by atoms with E-state index in [9.17, 15) is 4.79 Å². The van der Waals surface area contributed by atoms with E-state index >= 15 is 0 Å². The molecule has 2 aromatic rings. The first kappa shape index (κ1) is 19.5. The average Bonchev–Trinajstić information content (AvgIpc) is 2.80. The predicted octanol–water partition coefficient (Wildman–Crippen LogP) is 3.18. The van der Waals surface area contributed by atoms with Gasteiger partial charge in [-0.1, -0.05) is 36.4 Å². The molecule has 0 bridgehead atoms. The second-order valence-corrected chi connectivity index (χ2v) is 7.68. The molecule has 0 N–H and O–H groups in total. The number of hydrogen-bond donors (Lipinski definition) is 0. The fourth-order valence-electron chi connectivity index (χ4n) is 4.09. The minimum atomic E-state index is 0.221. The van der Waals surface area contributed by atoms with Crippen molar-refractivity contribution in [1.82, 2.24) is 9.80 Å². The zero-order chi connectivity index (χ0) is 20.1. The monoisotopic (exact) mass is 391 g/mol. The van der Waals surface area contributed by atoms with Crippen LogP contribution in [0.4, 0.5) is 5.69 Å². The molecule has 0 spiro atoms. The summed E-state index contributed by atoms with van der Waals surface area (Å²) in [5, 5.41) is 0. The molecular formula is C24H29N3O2. The number of benzene rings is 2. The third-order valence-corrected chi connectivity index (χ3v) is 5.80. The molecule has 5 nitrogen and oxygen atoms in total. The molecule has 4 rings (SSSR count). The van der Waals surface area contributed by atoms with Gasteiger partial charge >= 0.3 is 0 Å². The van der Waals surface area contributed by atoms with Crippen LogP contribution in [0.15, 0.2) is 66.2 Å². The van der Waals surface area contributed by atoms with Crippen molar-refractivity contribution in [1.29, 1.82) is 0 Å². The van der Waals surface area contributed by atoms with E-state index in [1.807, 2.05) is 23.1 Å². The minimum absolute atomic E-state index is 0.221. The lowest BCUT2D eigenvalue weighted by atomic mass is 10.1. The molecule has 2 heterocycles. The van der Waals surface area contributed by atoms with E-state index in [4.69, 9.17) is 4.74 Å². The topological polar surface area (TPSA) is 36.0 Å². The van der Waals surface area contributed by atoms with Crippen LogP contribution < -0.4 is 9.64 Å². The first-order chi connectivity index (χ1) is 14.2. The van der Waals surface area contributed by atoms with E-state index in [-0.39, 0.29) is 5.91 Å². The maximum absolute atomic E-state index is 12.9. The van der Waals surface area contributed by atoms with E-state index in [0.29, 0.717) is 0 Å². The van der Waals surface area contributed by atoms with Crippen molar-refractivity contribution in [3.05, 3.63) is 71.8 Å². The van der Waals surface area contributed by atoms with Gasteiger partial charge in [-0.05, 0) is 36.2 Å². The first-order valence-corrected chi connectivity index (χ1v) is 10.4. The average molecular weight is 392 g/mol. The second-order valence-electron chi connectivity index (χ2n) is 7.68. The molecule has 29 heavy (non-hydrogen) atoms. The van der Waals surface area contributed by atoms with Crippen LogP contribution in [0.2, 0.25) is 0 Å². The lowest BCUT2D eigenvalue weighted by Gasteiger charge is -2.37. The summed E-state index contributed by atoms with van der Waals surface area (Å²) in [4.78, 5) is 19.7. The van der Waals surface area contributed by atoms with Gasteiger partial charge in [-0.2, -0.15) is 0 Å². The van der Waals surface area contributed by atoms with Crippen LogP contribution in [0.1, 0.15) is 12.0 Å². The molecule has 0 radical (unpaired) electrons. The number of piperazine rings is 1. The molecule has 0 aromatic heterocycles. The number of methoxy groups -OCH3 is 1. The highest BCUT2D eigenvalue weighted by Gasteiger charge is 2.25. The standard InChI is InChI=1S/C24H29N3O2/c1-29-23-9-5-6-20(18-23)19-25-12-10-21(11-13-25)24(28)27-16-14-26(15-17-27)22-7-3-2-4-8-22/h2-10,18H,11-17,19H2,1H3. The summed E-state index contributed by atoms with van der Waals surface area (Å²) in [5.41, 5.74) is 3.45.